The van der Waals surface area contributed by atoms with Gasteiger partial charge in [-0.05, 0) is 37.1 Å². The number of alkyl halides is 3. The third-order valence-electron chi connectivity index (χ3n) is 7.06. The van der Waals surface area contributed by atoms with Crippen molar-refractivity contribution in [2.75, 3.05) is 4.90 Å². The molecule has 0 radical (unpaired) electrons. The van der Waals surface area contributed by atoms with E-state index in [1.165, 1.54) is 0 Å². The summed E-state index contributed by atoms with van der Waals surface area (Å²) < 4.78 is 149. The molecule has 3 aliphatic rings. The first-order valence-corrected chi connectivity index (χ1v) is 11.2. The highest BCUT2D eigenvalue weighted by Gasteiger charge is 2.61. The molecule has 0 spiro atoms. The van der Waals surface area contributed by atoms with Crippen LogP contribution in [0, 0.1) is 23.3 Å². The highest BCUT2D eigenvalue weighted by molar-refractivity contribution is 5.96. The summed E-state index contributed by atoms with van der Waals surface area (Å²) in [4.78, 5) is 0.372. The lowest BCUT2D eigenvalue weighted by molar-refractivity contribution is 0.0525. The second kappa shape index (κ2) is 8.55. The number of hydrogen-bond donors (Lipinski definition) is 0. The summed E-state index contributed by atoms with van der Waals surface area (Å²) in [5, 5.41) is -1.90. The Bertz CT molecular complexity index is 1360. The summed E-state index contributed by atoms with van der Waals surface area (Å²) >= 11 is 0. The van der Waals surface area contributed by atoms with Crippen molar-refractivity contribution in [3.05, 3.63) is 76.2 Å². The van der Waals surface area contributed by atoms with Crippen molar-refractivity contribution in [2.45, 2.75) is 56.3 Å². The standard InChI is InChI=1S/C25H17F10N/c26-12-6-7-16(11-8-15(29)20(30)21(31)17(11)12)36(10-4-2-1-3-5-10)25(35)23(33)19-14(28)9-13(27)18(19)22(32)24(25)34/h6-10,14,23H,1-5H2. The van der Waals surface area contributed by atoms with Crippen molar-refractivity contribution < 1.29 is 43.9 Å². The molecule has 1 saturated carbocycles. The first kappa shape index (κ1) is 24.7. The van der Waals surface area contributed by atoms with Crippen LogP contribution < -0.4 is 4.90 Å². The summed E-state index contributed by atoms with van der Waals surface area (Å²) in [6.07, 6.45) is -4.06. The van der Waals surface area contributed by atoms with Crippen LogP contribution in [0.5, 0.6) is 0 Å². The van der Waals surface area contributed by atoms with Gasteiger partial charge in [0.1, 0.15) is 17.8 Å². The van der Waals surface area contributed by atoms with Gasteiger partial charge in [-0.1, -0.05) is 19.3 Å². The Morgan fingerprint density at radius 1 is 0.833 bits per heavy atom. The fraction of sp³-hybridized carbons (Fsp3) is 0.360. The van der Waals surface area contributed by atoms with Gasteiger partial charge in [0.15, 0.2) is 35.3 Å². The molecule has 0 amide bonds. The van der Waals surface area contributed by atoms with E-state index in [9.17, 15) is 30.7 Å². The maximum atomic E-state index is 16.8. The molecule has 3 unspecified atom stereocenters. The summed E-state index contributed by atoms with van der Waals surface area (Å²) in [7, 11) is 0. The smallest absolute Gasteiger partial charge is 0.273 e. The van der Waals surface area contributed by atoms with E-state index in [4.69, 9.17) is 0 Å². The largest absolute Gasteiger partial charge is 0.327 e. The van der Waals surface area contributed by atoms with Crippen LogP contribution in [0.15, 0.2) is 52.9 Å². The lowest BCUT2D eigenvalue weighted by Gasteiger charge is -2.48. The van der Waals surface area contributed by atoms with Crippen LogP contribution in [0.2, 0.25) is 0 Å². The van der Waals surface area contributed by atoms with Crippen LogP contribution in [0.3, 0.4) is 0 Å². The van der Waals surface area contributed by atoms with Crippen molar-refractivity contribution in [1.82, 2.24) is 0 Å². The Morgan fingerprint density at radius 3 is 2.17 bits per heavy atom. The molecule has 0 bridgehead atoms. The van der Waals surface area contributed by atoms with Gasteiger partial charge in [-0.15, -0.1) is 0 Å². The molecule has 3 aliphatic carbocycles. The second-order valence-electron chi connectivity index (χ2n) is 9.05. The summed E-state index contributed by atoms with van der Waals surface area (Å²) in [6, 6.07) is 0.542. The van der Waals surface area contributed by atoms with E-state index < -0.39 is 92.5 Å². The predicted octanol–water partition coefficient (Wildman–Crippen LogP) is 8.21. The molecule has 5 rings (SSSR count). The molecule has 1 nitrogen and oxygen atoms in total. The van der Waals surface area contributed by atoms with E-state index in [-0.39, 0.29) is 18.9 Å². The zero-order chi connectivity index (χ0) is 26.1. The molecule has 1 fully saturated rings. The molecule has 2 aromatic rings. The molecule has 0 aliphatic heterocycles. The number of benzene rings is 2. The number of hydrogen-bond acceptors (Lipinski definition) is 1. The van der Waals surface area contributed by atoms with Crippen LogP contribution in [-0.2, 0) is 0 Å². The zero-order valence-corrected chi connectivity index (χ0v) is 18.3. The van der Waals surface area contributed by atoms with E-state index in [2.05, 4.69) is 0 Å². The normalized spacial score (nSPS) is 27.1. The zero-order valence-electron chi connectivity index (χ0n) is 18.3. The first-order valence-electron chi connectivity index (χ1n) is 11.2. The molecule has 0 aromatic heterocycles. The number of nitrogens with zero attached hydrogens (tertiary/aromatic N) is 1. The molecule has 0 saturated heterocycles. The van der Waals surface area contributed by atoms with Gasteiger partial charge in [-0.2, -0.15) is 0 Å². The summed E-state index contributed by atoms with van der Waals surface area (Å²) in [6.45, 7) is 0. The van der Waals surface area contributed by atoms with E-state index in [0.717, 1.165) is 6.07 Å². The molecule has 192 valence electrons. The number of anilines is 1. The first-order chi connectivity index (χ1) is 17.0. The van der Waals surface area contributed by atoms with E-state index in [1.807, 2.05) is 0 Å². The third-order valence-corrected chi connectivity index (χ3v) is 7.06. The Kier molecular flexibility index (Phi) is 5.87. The lowest BCUT2D eigenvalue weighted by Crippen LogP contribution is -2.60. The highest BCUT2D eigenvalue weighted by atomic mass is 19.2. The second-order valence-corrected chi connectivity index (χ2v) is 9.05. The van der Waals surface area contributed by atoms with Crippen molar-refractivity contribution >= 4 is 16.5 Å². The van der Waals surface area contributed by atoms with E-state index in [0.29, 0.717) is 36.3 Å². The molecular weight excluding hydrogens is 504 g/mol. The van der Waals surface area contributed by atoms with Gasteiger partial charge in [-0.3, -0.25) is 0 Å². The van der Waals surface area contributed by atoms with Crippen molar-refractivity contribution in [3.63, 3.8) is 0 Å². The average Bonchev–Trinajstić information content (AvgIpc) is 3.15. The van der Waals surface area contributed by atoms with E-state index >= 15 is 13.2 Å². The third kappa shape index (κ3) is 3.30. The Balaban J connectivity index is 1.81. The van der Waals surface area contributed by atoms with Crippen molar-refractivity contribution in [2.24, 2.45) is 0 Å². The monoisotopic (exact) mass is 521 g/mol. The highest BCUT2D eigenvalue weighted by Crippen LogP contribution is 2.54. The fourth-order valence-electron chi connectivity index (χ4n) is 5.43. The predicted molar refractivity (Wildman–Crippen MR) is 112 cm³/mol. The van der Waals surface area contributed by atoms with Crippen LogP contribution in [0.1, 0.15) is 32.1 Å². The van der Waals surface area contributed by atoms with E-state index in [1.54, 1.807) is 0 Å². The maximum Gasteiger partial charge on any atom is 0.273 e. The Morgan fingerprint density at radius 2 is 1.50 bits per heavy atom. The quantitative estimate of drug-likeness (QED) is 0.224. The van der Waals surface area contributed by atoms with Crippen LogP contribution in [0.25, 0.3) is 10.8 Å². The van der Waals surface area contributed by atoms with Crippen LogP contribution >= 0.6 is 0 Å². The molecule has 3 atom stereocenters. The van der Waals surface area contributed by atoms with Gasteiger partial charge in [-0.25, -0.2) is 43.9 Å². The Hall–Kier alpha value is -2.98. The van der Waals surface area contributed by atoms with Gasteiger partial charge in [0.2, 0.25) is 0 Å². The van der Waals surface area contributed by atoms with Gasteiger partial charge < -0.3 is 4.90 Å². The lowest BCUT2D eigenvalue weighted by atomic mass is 9.84. The van der Waals surface area contributed by atoms with Gasteiger partial charge in [0.25, 0.3) is 5.79 Å². The minimum atomic E-state index is -4.13. The number of fused-ring (bicyclic) bond motifs is 1. The number of rotatable bonds is 3. The van der Waals surface area contributed by atoms with Crippen molar-refractivity contribution in [3.8, 4) is 0 Å². The SMILES string of the molecule is FC1=CC(F)C2=C1C(F)=C(F)C(F)(N(c1ccc(F)c3c(F)c(F)c(F)cc13)C1CCCCC1)C2F. The fourth-order valence-corrected chi connectivity index (χ4v) is 5.43. The molecule has 36 heavy (non-hydrogen) atoms. The Labute approximate surface area is 198 Å². The number of allylic oxidation sites excluding steroid dienone is 4. The summed E-state index contributed by atoms with van der Waals surface area (Å²) in [5.41, 5.74) is -3.35. The van der Waals surface area contributed by atoms with Crippen LogP contribution in [-0.4, -0.2) is 24.2 Å². The average molecular weight is 521 g/mol. The molecule has 11 heteroatoms. The van der Waals surface area contributed by atoms with Gasteiger partial charge >= 0.3 is 0 Å². The minimum Gasteiger partial charge on any atom is -0.327 e. The van der Waals surface area contributed by atoms with Gasteiger partial charge in [0, 0.05) is 22.7 Å². The number of halogens is 10. The van der Waals surface area contributed by atoms with Gasteiger partial charge in [0.05, 0.1) is 11.0 Å². The maximum absolute atomic E-state index is 16.8. The van der Waals surface area contributed by atoms with Crippen molar-refractivity contribution in [1.29, 1.82) is 0 Å². The van der Waals surface area contributed by atoms with Crippen LogP contribution in [0.4, 0.5) is 49.6 Å². The molecule has 2 aromatic carbocycles. The minimum absolute atomic E-state index is 0.0793. The molecule has 0 N–H and O–H groups in total. The molecular formula is C25H17F10N. The topological polar surface area (TPSA) is 3.24 Å². The molecule has 0 heterocycles. The summed E-state index contributed by atoms with van der Waals surface area (Å²) in [5.74, 6) is -17.4.